The van der Waals surface area contributed by atoms with Crippen LogP contribution in [0.4, 0.5) is 0 Å². The topological polar surface area (TPSA) is 58.6 Å². The second kappa shape index (κ2) is 10.1. The number of nitrogens with zero attached hydrogens (tertiary/aromatic N) is 1. The number of ether oxygens (including phenoxy) is 1. The van der Waals surface area contributed by atoms with Crippen LogP contribution in [0.2, 0.25) is 0 Å². The van der Waals surface area contributed by atoms with Gasteiger partial charge in [0.1, 0.15) is 11.8 Å². The lowest BCUT2D eigenvalue weighted by Gasteiger charge is -2.29. The molecule has 29 heavy (non-hydrogen) atoms. The summed E-state index contributed by atoms with van der Waals surface area (Å²) in [7, 11) is 0. The molecule has 2 rings (SSSR count). The molecule has 0 aliphatic carbocycles. The Morgan fingerprint density at radius 1 is 1.07 bits per heavy atom. The van der Waals surface area contributed by atoms with Crippen molar-refractivity contribution in [2.75, 3.05) is 13.2 Å². The normalized spacial score (nSPS) is 11.7. The van der Waals surface area contributed by atoms with Crippen LogP contribution in [0.3, 0.4) is 0 Å². The molecule has 1 N–H and O–H groups in total. The number of likely N-dealkylation sites (N-methyl/N-ethyl adjacent to an activating group) is 1. The Balaban J connectivity index is 2.22. The molecule has 0 fully saturated rings. The van der Waals surface area contributed by atoms with Crippen LogP contribution in [0, 0.1) is 27.7 Å². The zero-order valence-corrected chi connectivity index (χ0v) is 18.3. The fraction of sp³-hybridized carbons (Fsp3) is 0.417. The van der Waals surface area contributed by atoms with Gasteiger partial charge in [-0.25, -0.2) is 0 Å². The Hall–Kier alpha value is -2.82. The second-order valence-corrected chi connectivity index (χ2v) is 7.51. The Morgan fingerprint density at radius 3 is 2.41 bits per heavy atom. The van der Waals surface area contributed by atoms with Crippen LogP contribution in [0.15, 0.2) is 36.4 Å². The number of carbonyl (C=O) groups excluding carboxylic acids is 2. The average molecular weight is 397 g/mol. The summed E-state index contributed by atoms with van der Waals surface area (Å²) >= 11 is 0. The Bertz CT molecular complexity index is 876. The molecule has 0 radical (unpaired) electrons. The molecule has 2 aromatic carbocycles. The van der Waals surface area contributed by atoms with E-state index in [4.69, 9.17) is 4.74 Å². The number of carbonyl (C=O) groups is 2. The Labute approximate surface area is 174 Å². The van der Waals surface area contributed by atoms with Gasteiger partial charge in [-0.1, -0.05) is 30.3 Å². The number of hydrogen-bond donors (Lipinski definition) is 1. The third kappa shape index (κ3) is 5.83. The summed E-state index contributed by atoms with van der Waals surface area (Å²) in [4.78, 5) is 27.1. The number of rotatable bonds is 8. The van der Waals surface area contributed by atoms with E-state index in [0.29, 0.717) is 18.8 Å². The summed E-state index contributed by atoms with van der Waals surface area (Å²) in [5.74, 6) is 0.319. The molecule has 0 aromatic heterocycles. The first-order valence-electron chi connectivity index (χ1n) is 10.1. The van der Waals surface area contributed by atoms with Crippen molar-refractivity contribution < 1.29 is 14.3 Å². The molecule has 0 aliphatic heterocycles. The number of aryl methyl sites for hydroxylation is 3. The van der Waals surface area contributed by atoms with Gasteiger partial charge in [0.2, 0.25) is 5.91 Å². The molecule has 0 unspecified atom stereocenters. The lowest BCUT2D eigenvalue weighted by molar-refractivity contribution is -0.142. The van der Waals surface area contributed by atoms with E-state index < -0.39 is 6.04 Å². The van der Waals surface area contributed by atoms with E-state index in [1.807, 2.05) is 65.0 Å². The largest absolute Gasteiger partial charge is 0.483 e. The summed E-state index contributed by atoms with van der Waals surface area (Å²) in [6.07, 6.45) is 0. The smallest absolute Gasteiger partial charge is 0.261 e. The lowest BCUT2D eigenvalue weighted by atomic mass is 10.1. The van der Waals surface area contributed by atoms with Gasteiger partial charge < -0.3 is 15.0 Å². The number of nitrogens with one attached hydrogen (secondary N) is 1. The van der Waals surface area contributed by atoms with Crippen molar-refractivity contribution in [2.45, 2.75) is 54.1 Å². The molecule has 0 saturated carbocycles. The van der Waals surface area contributed by atoms with Crippen molar-refractivity contribution in [3.05, 3.63) is 64.2 Å². The van der Waals surface area contributed by atoms with E-state index >= 15 is 0 Å². The standard InChI is InChI=1S/C24H32N2O3/c1-7-25-24(28)20(6)26(14-21-11-9-8-10-17(21)3)23(27)15-29-22-13-16(2)12-18(4)19(22)5/h8-13,20H,7,14-15H2,1-6H3,(H,25,28)/t20-/m1/s1. The van der Waals surface area contributed by atoms with Gasteiger partial charge >= 0.3 is 0 Å². The molecule has 0 bridgehead atoms. The van der Waals surface area contributed by atoms with Gasteiger partial charge in [0.15, 0.2) is 6.61 Å². The van der Waals surface area contributed by atoms with E-state index in [2.05, 4.69) is 11.4 Å². The molecule has 0 aliphatic rings. The number of hydrogen-bond acceptors (Lipinski definition) is 3. The third-order valence-corrected chi connectivity index (χ3v) is 5.24. The highest BCUT2D eigenvalue weighted by Gasteiger charge is 2.26. The van der Waals surface area contributed by atoms with Crippen molar-refractivity contribution in [1.29, 1.82) is 0 Å². The van der Waals surface area contributed by atoms with Gasteiger partial charge in [-0.15, -0.1) is 0 Å². The van der Waals surface area contributed by atoms with E-state index in [1.165, 1.54) is 0 Å². The van der Waals surface area contributed by atoms with Crippen molar-refractivity contribution in [2.24, 2.45) is 0 Å². The van der Waals surface area contributed by atoms with Gasteiger partial charge in [0, 0.05) is 13.1 Å². The van der Waals surface area contributed by atoms with Gasteiger partial charge in [0.05, 0.1) is 0 Å². The minimum atomic E-state index is -0.592. The zero-order valence-electron chi connectivity index (χ0n) is 18.3. The lowest BCUT2D eigenvalue weighted by Crippen LogP contribution is -2.49. The fourth-order valence-electron chi connectivity index (χ4n) is 3.25. The average Bonchev–Trinajstić information content (AvgIpc) is 2.68. The van der Waals surface area contributed by atoms with Gasteiger partial charge in [0.25, 0.3) is 5.91 Å². The Kier molecular flexibility index (Phi) is 7.82. The van der Waals surface area contributed by atoms with Gasteiger partial charge in [-0.05, 0) is 75.4 Å². The maximum absolute atomic E-state index is 13.1. The Morgan fingerprint density at radius 2 is 1.76 bits per heavy atom. The van der Waals surface area contributed by atoms with E-state index in [-0.39, 0.29) is 18.4 Å². The summed E-state index contributed by atoms with van der Waals surface area (Å²) in [6, 6.07) is 11.3. The third-order valence-electron chi connectivity index (χ3n) is 5.24. The van der Waals surface area contributed by atoms with Crippen molar-refractivity contribution in [1.82, 2.24) is 10.2 Å². The van der Waals surface area contributed by atoms with Crippen molar-refractivity contribution >= 4 is 11.8 Å². The monoisotopic (exact) mass is 396 g/mol. The van der Waals surface area contributed by atoms with Crippen molar-refractivity contribution in [3.8, 4) is 5.75 Å². The molecule has 2 amide bonds. The molecular formula is C24H32N2O3. The van der Waals surface area contributed by atoms with Gasteiger partial charge in [-0.3, -0.25) is 9.59 Å². The molecule has 2 aromatic rings. The summed E-state index contributed by atoms with van der Waals surface area (Å²) in [6.45, 7) is 12.4. The minimum Gasteiger partial charge on any atom is -0.483 e. The van der Waals surface area contributed by atoms with Crippen LogP contribution in [-0.2, 0) is 16.1 Å². The van der Waals surface area contributed by atoms with Crippen LogP contribution in [-0.4, -0.2) is 35.9 Å². The first-order chi connectivity index (χ1) is 13.7. The van der Waals surface area contributed by atoms with Crippen molar-refractivity contribution in [3.63, 3.8) is 0 Å². The fourth-order valence-corrected chi connectivity index (χ4v) is 3.25. The van der Waals surface area contributed by atoms with E-state index in [9.17, 15) is 9.59 Å². The maximum atomic E-state index is 13.1. The predicted molar refractivity (Wildman–Crippen MR) is 116 cm³/mol. The van der Waals surface area contributed by atoms with Crippen LogP contribution in [0.25, 0.3) is 0 Å². The van der Waals surface area contributed by atoms with Crippen LogP contribution >= 0.6 is 0 Å². The SMILES string of the molecule is CCNC(=O)[C@@H](C)N(Cc1ccccc1C)C(=O)COc1cc(C)cc(C)c1C. The zero-order chi connectivity index (χ0) is 21.6. The summed E-state index contributed by atoms with van der Waals surface area (Å²) < 4.78 is 5.88. The predicted octanol–water partition coefficient (Wildman–Crippen LogP) is 3.85. The first-order valence-corrected chi connectivity index (χ1v) is 10.1. The number of amides is 2. The molecule has 5 nitrogen and oxygen atoms in total. The summed E-state index contributed by atoms with van der Waals surface area (Å²) in [5, 5.41) is 2.81. The van der Waals surface area contributed by atoms with Crippen LogP contribution in [0.1, 0.15) is 41.7 Å². The molecule has 1 atom stereocenters. The van der Waals surface area contributed by atoms with Crippen LogP contribution in [0.5, 0.6) is 5.75 Å². The molecule has 5 heteroatoms. The molecule has 0 saturated heterocycles. The van der Waals surface area contributed by atoms with E-state index in [1.54, 1.807) is 11.8 Å². The minimum absolute atomic E-state index is 0.112. The highest BCUT2D eigenvalue weighted by atomic mass is 16.5. The summed E-state index contributed by atoms with van der Waals surface area (Å²) in [5.41, 5.74) is 5.33. The molecular weight excluding hydrogens is 364 g/mol. The van der Waals surface area contributed by atoms with E-state index in [0.717, 1.165) is 27.8 Å². The maximum Gasteiger partial charge on any atom is 0.261 e. The first kappa shape index (κ1) is 22.5. The number of benzene rings is 2. The van der Waals surface area contributed by atoms with Gasteiger partial charge in [-0.2, -0.15) is 0 Å². The quantitative estimate of drug-likeness (QED) is 0.737. The molecule has 0 heterocycles. The van der Waals surface area contributed by atoms with Crippen LogP contribution < -0.4 is 10.1 Å². The highest BCUT2D eigenvalue weighted by molar-refractivity contribution is 5.88. The second-order valence-electron chi connectivity index (χ2n) is 7.51. The molecule has 0 spiro atoms. The highest BCUT2D eigenvalue weighted by Crippen LogP contribution is 2.23. The molecule has 156 valence electrons.